The summed E-state index contributed by atoms with van der Waals surface area (Å²) in [7, 11) is -3.11. The third kappa shape index (κ3) is 11.7. The van der Waals surface area contributed by atoms with Gasteiger partial charge >= 0.3 is 0 Å². The van der Waals surface area contributed by atoms with Crippen molar-refractivity contribution in [1.82, 2.24) is 15.4 Å². The quantitative estimate of drug-likeness (QED) is 0.191. The summed E-state index contributed by atoms with van der Waals surface area (Å²) in [5, 5.41) is 6.59. The topological polar surface area (TPSA) is 82.6 Å². The highest BCUT2D eigenvalue weighted by molar-refractivity contribution is 14.0. The Kier molecular flexibility index (Phi) is 13.7. The van der Waals surface area contributed by atoms with Gasteiger partial charge in [0.25, 0.3) is 0 Å². The van der Waals surface area contributed by atoms with Gasteiger partial charge in [0.05, 0.1) is 12.3 Å². The molecule has 1 aromatic rings. The Bertz CT molecular complexity index is 619. The Labute approximate surface area is 175 Å². The second-order valence-electron chi connectivity index (χ2n) is 6.01. The Hall–Kier alpha value is -0.870. The van der Waals surface area contributed by atoms with Gasteiger partial charge in [0.15, 0.2) is 5.96 Å². The Morgan fingerprint density at radius 2 is 1.62 bits per heavy atom. The number of aliphatic imine (C=N–C) groups is 1. The molecule has 0 fully saturated rings. The van der Waals surface area contributed by atoms with Crippen LogP contribution in [0.2, 0.25) is 0 Å². The normalized spacial score (nSPS) is 11.7. The number of halogens is 1. The van der Waals surface area contributed by atoms with Crippen molar-refractivity contribution in [1.29, 1.82) is 0 Å². The van der Waals surface area contributed by atoms with Crippen LogP contribution in [0, 0.1) is 6.92 Å². The molecule has 0 aliphatic carbocycles. The smallest absolute Gasteiger partial charge is 0.211 e. The molecule has 0 saturated carbocycles. The molecule has 0 aliphatic rings. The number of rotatable bonds is 11. The van der Waals surface area contributed by atoms with Crippen molar-refractivity contribution in [3.05, 3.63) is 35.4 Å². The third-order valence-corrected chi connectivity index (χ3v) is 5.12. The predicted molar refractivity (Wildman–Crippen MR) is 121 cm³/mol. The SMILES string of the molecule is CCCCNC(=NCc1ccc(C)cc1)NCCCNS(=O)(=O)CC.I. The van der Waals surface area contributed by atoms with Crippen LogP contribution >= 0.6 is 24.0 Å². The van der Waals surface area contributed by atoms with E-state index in [4.69, 9.17) is 0 Å². The van der Waals surface area contributed by atoms with Crippen LogP contribution in [0.3, 0.4) is 0 Å². The summed E-state index contributed by atoms with van der Waals surface area (Å²) in [5.41, 5.74) is 2.40. The number of benzene rings is 1. The van der Waals surface area contributed by atoms with E-state index in [0.29, 0.717) is 26.1 Å². The summed E-state index contributed by atoms with van der Waals surface area (Å²) in [4.78, 5) is 4.61. The van der Waals surface area contributed by atoms with E-state index < -0.39 is 10.0 Å². The Balaban J connectivity index is 0.00000625. The molecule has 0 bridgehead atoms. The van der Waals surface area contributed by atoms with Crippen molar-refractivity contribution in [2.45, 2.75) is 46.6 Å². The van der Waals surface area contributed by atoms with Gasteiger partial charge in [-0.15, -0.1) is 24.0 Å². The van der Waals surface area contributed by atoms with E-state index in [1.807, 2.05) is 0 Å². The van der Waals surface area contributed by atoms with E-state index in [9.17, 15) is 8.42 Å². The minimum atomic E-state index is -3.11. The monoisotopic (exact) mass is 496 g/mol. The van der Waals surface area contributed by atoms with Gasteiger partial charge in [-0.3, -0.25) is 0 Å². The second kappa shape index (κ2) is 14.2. The maximum absolute atomic E-state index is 11.4. The molecule has 0 atom stereocenters. The largest absolute Gasteiger partial charge is 0.356 e. The summed E-state index contributed by atoms with van der Waals surface area (Å²) in [6.07, 6.45) is 2.91. The molecular formula is C18H33IN4O2S. The zero-order chi connectivity index (χ0) is 18.5. The first-order valence-corrected chi connectivity index (χ1v) is 10.7. The molecule has 26 heavy (non-hydrogen) atoms. The van der Waals surface area contributed by atoms with Gasteiger partial charge in [-0.25, -0.2) is 18.1 Å². The first-order valence-electron chi connectivity index (χ1n) is 9.02. The molecule has 6 nitrogen and oxygen atoms in total. The molecule has 0 aromatic heterocycles. The molecule has 0 heterocycles. The van der Waals surface area contributed by atoms with Crippen LogP contribution in [0.15, 0.2) is 29.3 Å². The summed E-state index contributed by atoms with van der Waals surface area (Å²) >= 11 is 0. The molecule has 8 heteroatoms. The summed E-state index contributed by atoms with van der Waals surface area (Å²) in [6, 6.07) is 8.34. The number of nitrogens with zero attached hydrogens (tertiary/aromatic N) is 1. The molecule has 0 saturated heterocycles. The molecule has 1 rings (SSSR count). The van der Waals surface area contributed by atoms with Crippen LogP contribution in [0.1, 0.15) is 44.2 Å². The van der Waals surface area contributed by atoms with Crippen molar-refractivity contribution in [3.63, 3.8) is 0 Å². The standard InChI is InChI=1S/C18H32N4O2S.HI/c1-4-6-12-19-18(20-13-7-14-22-25(23,24)5-2)21-15-17-10-8-16(3)9-11-17;/h8-11,22H,4-7,12-15H2,1-3H3,(H2,19,20,21);1H. The number of guanidine groups is 1. The number of sulfonamides is 1. The van der Waals surface area contributed by atoms with Gasteiger partial charge in [-0.05, 0) is 32.3 Å². The Morgan fingerprint density at radius 3 is 2.19 bits per heavy atom. The van der Waals surface area contributed by atoms with E-state index >= 15 is 0 Å². The number of hydrogen-bond acceptors (Lipinski definition) is 3. The van der Waals surface area contributed by atoms with Gasteiger partial charge in [-0.2, -0.15) is 0 Å². The van der Waals surface area contributed by atoms with Gasteiger partial charge in [0, 0.05) is 19.6 Å². The fraction of sp³-hybridized carbons (Fsp3) is 0.611. The Morgan fingerprint density at radius 1 is 1.00 bits per heavy atom. The van der Waals surface area contributed by atoms with Crippen LogP contribution in [-0.4, -0.2) is 39.8 Å². The lowest BCUT2D eigenvalue weighted by atomic mass is 10.1. The van der Waals surface area contributed by atoms with Crippen LogP contribution in [0.4, 0.5) is 0 Å². The average molecular weight is 496 g/mol. The predicted octanol–water partition coefficient (Wildman–Crippen LogP) is 2.78. The number of aryl methyl sites for hydroxylation is 1. The van der Waals surface area contributed by atoms with Crippen LogP contribution in [0.25, 0.3) is 0 Å². The second-order valence-corrected chi connectivity index (χ2v) is 8.10. The van der Waals surface area contributed by atoms with Crippen LogP contribution in [-0.2, 0) is 16.6 Å². The molecule has 0 amide bonds. The lowest BCUT2D eigenvalue weighted by molar-refractivity contribution is 0.579. The lowest BCUT2D eigenvalue weighted by Gasteiger charge is -2.13. The maximum Gasteiger partial charge on any atom is 0.211 e. The van der Waals surface area contributed by atoms with Gasteiger partial charge in [0.1, 0.15) is 0 Å². The van der Waals surface area contributed by atoms with E-state index in [0.717, 1.165) is 30.9 Å². The molecule has 1 aromatic carbocycles. The first kappa shape index (κ1) is 25.1. The van der Waals surface area contributed by atoms with Crippen molar-refractivity contribution in [2.75, 3.05) is 25.4 Å². The zero-order valence-corrected chi connectivity index (χ0v) is 19.2. The van der Waals surface area contributed by atoms with E-state index in [1.165, 1.54) is 5.56 Å². The first-order chi connectivity index (χ1) is 12.0. The maximum atomic E-state index is 11.4. The summed E-state index contributed by atoms with van der Waals surface area (Å²) < 4.78 is 25.3. The average Bonchev–Trinajstić information content (AvgIpc) is 2.60. The molecule has 150 valence electrons. The van der Waals surface area contributed by atoms with Crippen LogP contribution in [0.5, 0.6) is 0 Å². The van der Waals surface area contributed by atoms with Crippen molar-refractivity contribution >= 4 is 40.0 Å². The summed E-state index contributed by atoms with van der Waals surface area (Å²) in [5.74, 6) is 0.884. The fourth-order valence-corrected chi connectivity index (χ4v) is 2.71. The van der Waals surface area contributed by atoms with Crippen molar-refractivity contribution in [3.8, 4) is 0 Å². The summed E-state index contributed by atoms with van der Waals surface area (Å²) in [6.45, 7) is 8.44. The number of hydrogen-bond donors (Lipinski definition) is 3. The van der Waals surface area contributed by atoms with Gasteiger partial charge < -0.3 is 10.6 Å². The van der Waals surface area contributed by atoms with E-state index in [-0.39, 0.29) is 29.7 Å². The van der Waals surface area contributed by atoms with Gasteiger partial charge in [-0.1, -0.05) is 43.2 Å². The molecule has 0 radical (unpaired) electrons. The third-order valence-electron chi connectivity index (χ3n) is 3.71. The van der Waals surface area contributed by atoms with Crippen LogP contribution < -0.4 is 15.4 Å². The van der Waals surface area contributed by atoms with Gasteiger partial charge in [0.2, 0.25) is 10.0 Å². The van der Waals surface area contributed by atoms with Crippen molar-refractivity contribution in [2.24, 2.45) is 4.99 Å². The van der Waals surface area contributed by atoms with Crippen molar-refractivity contribution < 1.29 is 8.42 Å². The van der Waals surface area contributed by atoms with E-state index in [1.54, 1.807) is 6.92 Å². The molecule has 3 N–H and O–H groups in total. The molecular weight excluding hydrogens is 463 g/mol. The highest BCUT2D eigenvalue weighted by Gasteiger charge is 2.04. The number of nitrogens with one attached hydrogen (secondary N) is 3. The lowest BCUT2D eigenvalue weighted by Crippen LogP contribution is -2.39. The fourth-order valence-electron chi connectivity index (χ4n) is 2.05. The highest BCUT2D eigenvalue weighted by Crippen LogP contribution is 2.04. The zero-order valence-electron chi connectivity index (χ0n) is 16.0. The minimum absolute atomic E-state index is 0. The minimum Gasteiger partial charge on any atom is -0.356 e. The molecule has 0 unspecified atom stereocenters. The number of unbranched alkanes of at least 4 members (excludes halogenated alkanes) is 1. The highest BCUT2D eigenvalue weighted by atomic mass is 127. The molecule has 0 spiro atoms. The molecule has 0 aliphatic heterocycles. The van der Waals surface area contributed by atoms with E-state index in [2.05, 4.69) is 58.5 Å².